The Balaban J connectivity index is 2.27. The molecule has 1 saturated carbocycles. The van der Waals surface area contributed by atoms with E-state index in [4.69, 9.17) is 0 Å². The number of halogens is 5. The summed E-state index contributed by atoms with van der Waals surface area (Å²) in [6.07, 6.45) is -1.05. The fourth-order valence-corrected chi connectivity index (χ4v) is 2.75. The van der Waals surface area contributed by atoms with E-state index in [2.05, 4.69) is 25.9 Å². The lowest BCUT2D eigenvalue weighted by atomic mass is 9.86. The van der Waals surface area contributed by atoms with Gasteiger partial charge >= 0.3 is 0 Å². The van der Waals surface area contributed by atoms with Crippen LogP contribution >= 0.6 is 15.9 Å². The van der Waals surface area contributed by atoms with Crippen LogP contribution in [0.25, 0.3) is 0 Å². The van der Waals surface area contributed by atoms with Gasteiger partial charge < -0.3 is 0 Å². The average Bonchev–Trinajstić information content (AvgIpc) is 2.36. The molecule has 0 N–H and O–H groups in total. The summed E-state index contributed by atoms with van der Waals surface area (Å²) >= 11 is 3.08. The molecule has 1 atom stereocenters. The molecule has 2 nitrogen and oxygen atoms in total. The van der Waals surface area contributed by atoms with Crippen molar-refractivity contribution in [2.45, 2.75) is 49.3 Å². The number of aromatic nitrogens is 2. The predicted octanol–water partition coefficient (Wildman–Crippen LogP) is 4.60. The van der Waals surface area contributed by atoms with Gasteiger partial charge in [-0.25, -0.2) is 27.5 Å². The van der Waals surface area contributed by atoms with Gasteiger partial charge in [0.1, 0.15) is 11.5 Å². The molecule has 1 heterocycles. The van der Waals surface area contributed by atoms with Crippen molar-refractivity contribution in [2.75, 3.05) is 0 Å². The molecule has 1 aromatic rings. The van der Waals surface area contributed by atoms with Crippen molar-refractivity contribution in [3.8, 4) is 0 Å². The number of nitrogens with zero attached hydrogens (tertiary/aromatic N) is 2. The smallest absolute Gasteiger partial charge is 0.241 e. The molecule has 0 saturated heterocycles. The van der Waals surface area contributed by atoms with Gasteiger partial charge in [-0.1, -0.05) is 15.9 Å². The van der Waals surface area contributed by atoms with Gasteiger partial charge in [0.2, 0.25) is 5.92 Å². The van der Waals surface area contributed by atoms with Crippen LogP contribution in [0.2, 0.25) is 0 Å². The number of hydrogen-bond acceptors (Lipinski definition) is 2. The number of hydrogen-bond donors (Lipinski definition) is 0. The van der Waals surface area contributed by atoms with E-state index in [-0.39, 0.29) is 29.7 Å². The lowest BCUT2D eigenvalue weighted by Crippen LogP contribution is -2.26. The molecular formula is C12H13BrF4N2. The fourth-order valence-electron chi connectivity index (χ4n) is 2.31. The summed E-state index contributed by atoms with van der Waals surface area (Å²) in [7, 11) is 0. The number of rotatable bonds is 3. The van der Waals surface area contributed by atoms with E-state index in [1.165, 1.54) is 6.20 Å². The van der Waals surface area contributed by atoms with E-state index in [0.29, 0.717) is 18.4 Å². The van der Waals surface area contributed by atoms with Crippen molar-refractivity contribution < 1.29 is 17.6 Å². The van der Waals surface area contributed by atoms with Crippen LogP contribution in [0.1, 0.15) is 55.1 Å². The molecule has 1 aliphatic rings. The normalized spacial score (nSPS) is 22.7. The first kappa shape index (κ1) is 14.7. The third-order valence-electron chi connectivity index (χ3n) is 3.27. The second kappa shape index (κ2) is 5.73. The van der Waals surface area contributed by atoms with Crippen LogP contribution in [0.5, 0.6) is 0 Å². The molecule has 1 aliphatic carbocycles. The highest BCUT2D eigenvalue weighted by atomic mass is 79.9. The second-order valence-electron chi connectivity index (χ2n) is 4.72. The third-order valence-corrected chi connectivity index (χ3v) is 3.88. The van der Waals surface area contributed by atoms with Gasteiger partial charge in [0.25, 0.3) is 6.43 Å². The van der Waals surface area contributed by atoms with Crippen LogP contribution in [-0.2, 0) is 5.33 Å². The zero-order valence-corrected chi connectivity index (χ0v) is 11.6. The standard InChI is InChI=1S/C12H13BrF4N2/c13-5-8-6-18-11(19-9(8)10(14)15)7-2-1-3-12(16,17)4-7/h6-7,10H,1-5H2. The van der Waals surface area contributed by atoms with E-state index in [1.807, 2.05) is 0 Å². The summed E-state index contributed by atoms with van der Waals surface area (Å²) in [5.41, 5.74) is -0.0721. The topological polar surface area (TPSA) is 25.8 Å². The van der Waals surface area contributed by atoms with Crippen LogP contribution in [0.15, 0.2) is 6.20 Å². The Kier molecular flexibility index (Phi) is 4.43. The van der Waals surface area contributed by atoms with Crippen molar-refractivity contribution in [3.05, 3.63) is 23.3 Å². The Bertz CT molecular complexity index is 453. The second-order valence-corrected chi connectivity index (χ2v) is 5.28. The lowest BCUT2D eigenvalue weighted by Gasteiger charge is -2.28. The first-order chi connectivity index (χ1) is 8.93. The summed E-state index contributed by atoms with van der Waals surface area (Å²) in [6.45, 7) is 0. The van der Waals surface area contributed by atoms with Gasteiger partial charge in [0.15, 0.2) is 0 Å². The molecule has 0 radical (unpaired) electrons. The fraction of sp³-hybridized carbons (Fsp3) is 0.667. The molecule has 2 rings (SSSR count). The van der Waals surface area contributed by atoms with Crippen LogP contribution in [0, 0.1) is 0 Å². The molecule has 1 unspecified atom stereocenters. The maximum atomic E-state index is 13.3. The highest BCUT2D eigenvalue weighted by molar-refractivity contribution is 9.08. The van der Waals surface area contributed by atoms with E-state index in [9.17, 15) is 17.6 Å². The number of alkyl halides is 5. The SMILES string of the molecule is FC(F)c1nc(C2CCCC(F)(F)C2)ncc1CBr. The van der Waals surface area contributed by atoms with Gasteiger partial charge in [0, 0.05) is 35.8 Å². The highest BCUT2D eigenvalue weighted by Gasteiger charge is 2.38. The molecular weight excluding hydrogens is 328 g/mol. The molecule has 0 aliphatic heterocycles. The van der Waals surface area contributed by atoms with Gasteiger partial charge in [-0.05, 0) is 12.8 Å². The minimum atomic E-state index is -2.74. The summed E-state index contributed by atoms with van der Waals surface area (Å²) in [4.78, 5) is 7.78. The molecule has 1 aromatic heterocycles. The van der Waals surface area contributed by atoms with E-state index < -0.39 is 18.3 Å². The van der Waals surface area contributed by atoms with E-state index in [0.717, 1.165) is 0 Å². The van der Waals surface area contributed by atoms with Gasteiger partial charge in [-0.2, -0.15) is 0 Å². The van der Waals surface area contributed by atoms with Gasteiger partial charge in [-0.3, -0.25) is 0 Å². The molecule has 0 bridgehead atoms. The van der Waals surface area contributed by atoms with Crippen LogP contribution < -0.4 is 0 Å². The highest BCUT2D eigenvalue weighted by Crippen LogP contribution is 2.41. The van der Waals surface area contributed by atoms with Crippen molar-refractivity contribution in [1.82, 2.24) is 9.97 Å². The summed E-state index contributed by atoms with van der Waals surface area (Å²) < 4.78 is 52.4. The zero-order chi connectivity index (χ0) is 14.0. The van der Waals surface area contributed by atoms with Crippen LogP contribution in [0.4, 0.5) is 17.6 Å². The van der Waals surface area contributed by atoms with Crippen LogP contribution in [-0.4, -0.2) is 15.9 Å². The predicted molar refractivity (Wildman–Crippen MR) is 65.8 cm³/mol. The molecule has 0 aromatic carbocycles. The molecule has 1 fully saturated rings. The minimum absolute atomic E-state index is 0.111. The van der Waals surface area contributed by atoms with Crippen molar-refractivity contribution in [2.24, 2.45) is 0 Å². The van der Waals surface area contributed by atoms with Crippen molar-refractivity contribution in [1.29, 1.82) is 0 Å². The zero-order valence-electron chi connectivity index (χ0n) is 10.1. The molecule has 19 heavy (non-hydrogen) atoms. The first-order valence-electron chi connectivity index (χ1n) is 6.00. The van der Waals surface area contributed by atoms with Crippen molar-refractivity contribution in [3.63, 3.8) is 0 Å². The largest absolute Gasteiger partial charge is 0.280 e. The van der Waals surface area contributed by atoms with Crippen LogP contribution in [0.3, 0.4) is 0 Å². The Morgan fingerprint density at radius 3 is 2.74 bits per heavy atom. The van der Waals surface area contributed by atoms with Gasteiger partial charge in [0.05, 0.1) is 0 Å². The Labute approximate surface area is 116 Å². The lowest BCUT2D eigenvalue weighted by molar-refractivity contribution is -0.0417. The molecule has 106 valence electrons. The van der Waals surface area contributed by atoms with E-state index in [1.54, 1.807) is 0 Å². The first-order valence-corrected chi connectivity index (χ1v) is 7.13. The summed E-state index contributed by atoms with van der Waals surface area (Å²) in [6, 6.07) is 0. The molecule has 7 heteroatoms. The molecule has 0 spiro atoms. The maximum Gasteiger partial charge on any atom is 0.280 e. The quantitative estimate of drug-likeness (QED) is 0.593. The Morgan fingerprint density at radius 1 is 1.42 bits per heavy atom. The summed E-state index contributed by atoms with van der Waals surface area (Å²) in [5.74, 6) is -3.17. The van der Waals surface area contributed by atoms with Crippen molar-refractivity contribution >= 4 is 15.9 Å². The monoisotopic (exact) mass is 340 g/mol. The minimum Gasteiger partial charge on any atom is -0.241 e. The van der Waals surface area contributed by atoms with E-state index >= 15 is 0 Å². The summed E-state index contributed by atoms with van der Waals surface area (Å²) in [5, 5.41) is 0.216. The molecule has 0 amide bonds. The average molecular weight is 341 g/mol. The Hall–Kier alpha value is -0.720. The third kappa shape index (κ3) is 3.43. The Morgan fingerprint density at radius 2 is 2.16 bits per heavy atom. The van der Waals surface area contributed by atoms with Gasteiger partial charge in [-0.15, -0.1) is 0 Å². The maximum absolute atomic E-state index is 13.3.